The van der Waals surface area contributed by atoms with Crippen molar-refractivity contribution < 1.29 is 9.13 Å². The first-order valence-electron chi connectivity index (χ1n) is 7.52. The molecule has 1 aliphatic rings. The van der Waals surface area contributed by atoms with E-state index in [1.54, 1.807) is 18.2 Å². The maximum Gasteiger partial charge on any atom is 0.165 e. The monoisotopic (exact) mass is 285 g/mol. The van der Waals surface area contributed by atoms with Crippen LogP contribution in [0, 0.1) is 5.82 Å². The predicted molar refractivity (Wildman–Crippen MR) is 82.0 cm³/mol. The van der Waals surface area contributed by atoms with E-state index in [9.17, 15) is 4.39 Å². The second-order valence-electron chi connectivity index (χ2n) is 5.36. The highest BCUT2D eigenvalue weighted by molar-refractivity contribution is 5.34. The van der Waals surface area contributed by atoms with Gasteiger partial charge in [0.05, 0.1) is 6.04 Å². The highest BCUT2D eigenvalue weighted by atomic mass is 19.1. The minimum absolute atomic E-state index is 0.0447. The molecule has 0 fully saturated rings. The zero-order chi connectivity index (χ0) is 14.7. The van der Waals surface area contributed by atoms with Gasteiger partial charge in [-0.2, -0.15) is 0 Å². The summed E-state index contributed by atoms with van der Waals surface area (Å²) in [7, 11) is 0. The van der Waals surface area contributed by atoms with Crippen LogP contribution in [0.3, 0.4) is 0 Å². The van der Waals surface area contributed by atoms with Gasteiger partial charge >= 0.3 is 0 Å². The fourth-order valence-corrected chi connectivity index (χ4v) is 3.02. The third kappa shape index (κ3) is 2.93. The van der Waals surface area contributed by atoms with Gasteiger partial charge in [-0.05, 0) is 42.6 Å². The SMILES string of the molecule is CCNC1c2ccccc2CCC1Oc1ccccc1F. The number of benzene rings is 2. The number of nitrogens with one attached hydrogen (secondary N) is 1. The van der Waals surface area contributed by atoms with Crippen LogP contribution in [0.15, 0.2) is 48.5 Å². The molecule has 21 heavy (non-hydrogen) atoms. The van der Waals surface area contributed by atoms with Gasteiger partial charge in [-0.15, -0.1) is 0 Å². The Hall–Kier alpha value is -1.87. The summed E-state index contributed by atoms with van der Waals surface area (Å²) in [6.07, 6.45) is 1.82. The summed E-state index contributed by atoms with van der Waals surface area (Å²) in [5.74, 6) is 0.0383. The minimum Gasteiger partial charge on any atom is -0.485 e. The number of halogens is 1. The van der Waals surface area contributed by atoms with Crippen LogP contribution >= 0.6 is 0 Å². The first-order valence-corrected chi connectivity index (χ1v) is 7.52. The topological polar surface area (TPSA) is 21.3 Å². The summed E-state index contributed by atoms with van der Waals surface area (Å²) in [4.78, 5) is 0. The van der Waals surface area contributed by atoms with Crippen LogP contribution in [0.2, 0.25) is 0 Å². The Balaban J connectivity index is 1.87. The molecule has 0 saturated carbocycles. The first-order chi connectivity index (χ1) is 10.3. The van der Waals surface area contributed by atoms with E-state index in [0.717, 1.165) is 19.4 Å². The molecule has 0 spiro atoms. The fourth-order valence-electron chi connectivity index (χ4n) is 3.02. The molecule has 2 nitrogen and oxygen atoms in total. The lowest BCUT2D eigenvalue weighted by molar-refractivity contribution is 0.130. The Labute approximate surface area is 125 Å². The van der Waals surface area contributed by atoms with Crippen molar-refractivity contribution in [2.24, 2.45) is 0 Å². The molecule has 0 aliphatic heterocycles. The number of hydrogen-bond acceptors (Lipinski definition) is 2. The predicted octanol–water partition coefficient (Wildman–Crippen LogP) is 3.87. The fraction of sp³-hybridized carbons (Fsp3) is 0.333. The summed E-state index contributed by atoms with van der Waals surface area (Å²) < 4.78 is 19.8. The maximum absolute atomic E-state index is 13.8. The molecule has 0 radical (unpaired) electrons. The Morgan fingerprint density at radius 3 is 2.71 bits per heavy atom. The van der Waals surface area contributed by atoms with E-state index in [2.05, 4.69) is 36.5 Å². The van der Waals surface area contributed by atoms with Crippen LogP contribution in [0.5, 0.6) is 5.75 Å². The van der Waals surface area contributed by atoms with E-state index in [4.69, 9.17) is 4.74 Å². The summed E-state index contributed by atoms with van der Waals surface area (Å²) in [6.45, 7) is 2.94. The Morgan fingerprint density at radius 1 is 1.14 bits per heavy atom. The van der Waals surface area contributed by atoms with Gasteiger partial charge in [-0.25, -0.2) is 4.39 Å². The summed E-state index contributed by atoms with van der Waals surface area (Å²) in [6, 6.07) is 15.2. The molecule has 2 unspecified atom stereocenters. The van der Waals surface area contributed by atoms with Gasteiger partial charge < -0.3 is 10.1 Å². The summed E-state index contributed by atoms with van der Waals surface area (Å²) in [5, 5.41) is 3.48. The lowest BCUT2D eigenvalue weighted by atomic mass is 9.85. The molecule has 0 bridgehead atoms. The third-order valence-electron chi connectivity index (χ3n) is 4.00. The maximum atomic E-state index is 13.8. The molecule has 0 heterocycles. The molecule has 2 aromatic rings. The first kappa shape index (κ1) is 14.1. The van der Waals surface area contributed by atoms with Crippen LogP contribution in [0.25, 0.3) is 0 Å². The van der Waals surface area contributed by atoms with Crippen LogP contribution in [-0.4, -0.2) is 12.6 Å². The molecule has 110 valence electrons. The number of rotatable bonds is 4. The van der Waals surface area contributed by atoms with Gasteiger partial charge in [0.15, 0.2) is 11.6 Å². The Morgan fingerprint density at radius 2 is 1.90 bits per heavy atom. The number of para-hydroxylation sites is 1. The van der Waals surface area contributed by atoms with E-state index in [1.807, 2.05) is 0 Å². The van der Waals surface area contributed by atoms with Gasteiger partial charge in [0.1, 0.15) is 6.10 Å². The van der Waals surface area contributed by atoms with Gasteiger partial charge in [-0.1, -0.05) is 43.3 Å². The third-order valence-corrected chi connectivity index (χ3v) is 4.00. The van der Waals surface area contributed by atoms with E-state index in [1.165, 1.54) is 17.2 Å². The van der Waals surface area contributed by atoms with E-state index >= 15 is 0 Å². The Kier molecular flexibility index (Phi) is 4.20. The molecule has 2 aromatic carbocycles. The van der Waals surface area contributed by atoms with Crippen molar-refractivity contribution in [1.82, 2.24) is 5.32 Å². The number of ether oxygens (including phenoxy) is 1. The van der Waals surface area contributed by atoms with Crippen molar-refractivity contribution in [3.05, 3.63) is 65.5 Å². The number of aryl methyl sites for hydroxylation is 1. The van der Waals surface area contributed by atoms with Gasteiger partial charge in [0.25, 0.3) is 0 Å². The van der Waals surface area contributed by atoms with E-state index < -0.39 is 0 Å². The van der Waals surface area contributed by atoms with Gasteiger partial charge in [0.2, 0.25) is 0 Å². The van der Waals surface area contributed by atoms with Crippen LogP contribution in [0.1, 0.15) is 30.5 Å². The molecule has 0 aromatic heterocycles. The van der Waals surface area contributed by atoms with Crippen molar-refractivity contribution in [2.75, 3.05) is 6.54 Å². The van der Waals surface area contributed by atoms with Crippen LogP contribution in [-0.2, 0) is 6.42 Å². The molecule has 0 saturated heterocycles. The minimum atomic E-state index is -0.299. The molecule has 3 heteroatoms. The number of fused-ring (bicyclic) bond motifs is 1. The molecule has 3 rings (SSSR count). The molecule has 0 amide bonds. The normalized spacial score (nSPS) is 20.9. The molecular formula is C18H20FNO. The van der Waals surface area contributed by atoms with Crippen molar-refractivity contribution in [2.45, 2.75) is 31.9 Å². The molecule has 1 N–H and O–H groups in total. The smallest absolute Gasteiger partial charge is 0.165 e. The molecular weight excluding hydrogens is 265 g/mol. The van der Waals surface area contributed by atoms with E-state index in [-0.39, 0.29) is 18.0 Å². The van der Waals surface area contributed by atoms with Gasteiger partial charge in [-0.3, -0.25) is 0 Å². The van der Waals surface area contributed by atoms with Crippen molar-refractivity contribution in [3.63, 3.8) is 0 Å². The zero-order valence-corrected chi connectivity index (χ0v) is 12.2. The average molecular weight is 285 g/mol. The second kappa shape index (κ2) is 6.27. The summed E-state index contributed by atoms with van der Waals surface area (Å²) in [5.41, 5.74) is 2.63. The molecule has 1 aliphatic carbocycles. The van der Waals surface area contributed by atoms with Crippen molar-refractivity contribution in [1.29, 1.82) is 0 Å². The number of hydrogen-bond donors (Lipinski definition) is 1. The standard InChI is InChI=1S/C18H20FNO/c1-2-20-18-14-8-4-3-7-13(14)11-12-17(18)21-16-10-6-5-9-15(16)19/h3-10,17-18,20H,2,11-12H2,1H3. The Bertz CT molecular complexity index is 614. The highest BCUT2D eigenvalue weighted by Crippen LogP contribution is 2.33. The summed E-state index contributed by atoms with van der Waals surface area (Å²) >= 11 is 0. The van der Waals surface area contributed by atoms with Gasteiger partial charge in [0, 0.05) is 0 Å². The number of likely N-dealkylation sites (N-methyl/N-ethyl adjacent to an activating group) is 1. The molecule has 2 atom stereocenters. The highest BCUT2D eigenvalue weighted by Gasteiger charge is 2.30. The average Bonchev–Trinajstić information content (AvgIpc) is 2.52. The van der Waals surface area contributed by atoms with Crippen molar-refractivity contribution >= 4 is 0 Å². The second-order valence-corrected chi connectivity index (χ2v) is 5.36. The quantitative estimate of drug-likeness (QED) is 0.920. The zero-order valence-electron chi connectivity index (χ0n) is 12.2. The largest absolute Gasteiger partial charge is 0.485 e. The van der Waals surface area contributed by atoms with Crippen molar-refractivity contribution in [3.8, 4) is 5.75 Å². The van der Waals surface area contributed by atoms with Crippen LogP contribution < -0.4 is 10.1 Å². The van der Waals surface area contributed by atoms with E-state index in [0.29, 0.717) is 5.75 Å². The lowest BCUT2D eigenvalue weighted by Crippen LogP contribution is -2.39. The lowest BCUT2D eigenvalue weighted by Gasteiger charge is -2.34. The van der Waals surface area contributed by atoms with Crippen LogP contribution in [0.4, 0.5) is 4.39 Å².